The molecule has 3 N–H and O–H groups in total. The Morgan fingerprint density at radius 1 is 1.79 bits per heavy atom. The standard InChI is InChI=1S/C7H9N3O3S/c1-4-2-5(11)9-7(8-4)14-3-6(12)10-13/h2,13H,3H2,1H3,(H,10,12)(H,8,9,11). The first-order chi connectivity index (χ1) is 6.61. The molecular weight excluding hydrogens is 206 g/mol. The zero-order chi connectivity index (χ0) is 10.6. The largest absolute Gasteiger partial charge is 0.301 e. The van der Waals surface area contributed by atoms with Gasteiger partial charge in [-0.15, -0.1) is 0 Å². The molecule has 0 radical (unpaired) electrons. The van der Waals surface area contributed by atoms with Crippen LogP contribution < -0.4 is 11.0 Å². The van der Waals surface area contributed by atoms with Crippen molar-refractivity contribution in [1.82, 2.24) is 15.4 Å². The number of H-pyrrole nitrogens is 1. The van der Waals surface area contributed by atoms with Crippen LogP contribution in [0, 0.1) is 6.92 Å². The fourth-order valence-corrected chi connectivity index (χ4v) is 1.50. The van der Waals surface area contributed by atoms with Gasteiger partial charge in [0.25, 0.3) is 11.5 Å². The normalized spacial score (nSPS) is 9.86. The van der Waals surface area contributed by atoms with E-state index in [1.165, 1.54) is 11.5 Å². The van der Waals surface area contributed by atoms with E-state index in [4.69, 9.17) is 5.21 Å². The monoisotopic (exact) mass is 215 g/mol. The van der Waals surface area contributed by atoms with Crippen molar-refractivity contribution in [2.75, 3.05) is 5.75 Å². The third-order valence-electron chi connectivity index (χ3n) is 1.31. The molecule has 1 heterocycles. The molecule has 1 aromatic heterocycles. The lowest BCUT2D eigenvalue weighted by atomic mass is 10.5. The number of aromatic nitrogens is 2. The number of nitrogens with one attached hydrogen (secondary N) is 2. The van der Waals surface area contributed by atoms with Gasteiger partial charge in [0.05, 0.1) is 5.75 Å². The van der Waals surface area contributed by atoms with Crippen LogP contribution in [0.1, 0.15) is 5.69 Å². The van der Waals surface area contributed by atoms with Gasteiger partial charge >= 0.3 is 0 Å². The number of amides is 1. The second-order valence-corrected chi connectivity index (χ2v) is 3.48. The second-order valence-electron chi connectivity index (χ2n) is 2.52. The summed E-state index contributed by atoms with van der Waals surface area (Å²) in [5.74, 6) is -0.540. The Morgan fingerprint density at radius 3 is 3.07 bits per heavy atom. The Hall–Kier alpha value is -1.34. The predicted octanol–water partition coefficient (Wildman–Crippen LogP) is -0.324. The SMILES string of the molecule is Cc1cc(=O)[nH]c(SCC(=O)NO)n1. The number of nitrogens with zero attached hydrogens (tertiary/aromatic N) is 1. The first-order valence-corrected chi connectivity index (χ1v) is 4.74. The van der Waals surface area contributed by atoms with Crippen molar-refractivity contribution in [2.24, 2.45) is 0 Å². The van der Waals surface area contributed by atoms with Crippen molar-refractivity contribution < 1.29 is 10.0 Å². The summed E-state index contributed by atoms with van der Waals surface area (Å²) >= 11 is 1.04. The molecule has 0 aliphatic rings. The van der Waals surface area contributed by atoms with Gasteiger partial charge in [0.2, 0.25) is 0 Å². The van der Waals surface area contributed by atoms with Crippen LogP contribution in [-0.2, 0) is 4.79 Å². The summed E-state index contributed by atoms with van der Waals surface area (Å²) in [7, 11) is 0. The van der Waals surface area contributed by atoms with Crippen molar-refractivity contribution in [2.45, 2.75) is 12.1 Å². The Labute approximate surface area is 83.7 Å². The van der Waals surface area contributed by atoms with Gasteiger partial charge in [0.1, 0.15) is 0 Å². The third kappa shape index (κ3) is 3.19. The zero-order valence-electron chi connectivity index (χ0n) is 7.40. The summed E-state index contributed by atoms with van der Waals surface area (Å²) in [4.78, 5) is 28.1. The fourth-order valence-electron chi connectivity index (χ4n) is 0.786. The molecule has 0 saturated carbocycles. The van der Waals surface area contributed by atoms with Crippen molar-refractivity contribution in [3.8, 4) is 0 Å². The Morgan fingerprint density at radius 2 is 2.50 bits per heavy atom. The summed E-state index contributed by atoms with van der Waals surface area (Å²) < 4.78 is 0. The molecule has 0 atom stereocenters. The quantitative estimate of drug-likeness (QED) is 0.278. The second kappa shape index (κ2) is 4.77. The van der Waals surface area contributed by atoms with E-state index in [0.717, 1.165) is 11.8 Å². The van der Waals surface area contributed by atoms with Crippen LogP contribution in [0.15, 0.2) is 16.0 Å². The maximum absolute atomic E-state index is 11.0. The van der Waals surface area contributed by atoms with E-state index >= 15 is 0 Å². The minimum absolute atomic E-state index is 0.00287. The number of rotatable bonds is 3. The number of hydroxylamine groups is 1. The molecule has 76 valence electrons. The van der Waals surface area contributed by atoms with Crippen LogP contribution in [0.4, 0.5) is 0 Å². The van der Waals surface area contributed by atoms with Gasteiger partial charge in [0.15, 0.2) is 5.16 Å². The van der Waals surface area contributed by atoms with Crippen molar-refractivity contribution in [1.29, 1.82) is 0 Å². The van der Waals surface area contributed by atoms with Crippen LogP contribution >= 0.6 is 11.8 Å². The van der Waals surface area contributed by atoms with E-state index in [1.807, 2.05) is 0 Å². The highest BCUT2D eigenvalue weighted by molar-refractivity contribution is 7.99. The molecule has 7 heteroatoms. The van der Waals surface area contributed by atoms with Crippen LogP contribution in [-0.4, -0.2) is 26.8 Å². The molecule has 0 aromatic carbocycles. The van der Waals surface area contributed by atoms with Gasteiger partial charge in [-0.3, -0.25) is 14.8 Å². The number of aryl methyl sites for hydroxylation is 1. The van der Waals surface area contributed by atoms with E-state index in [0.29, 0.717) is 10.9 Å². The van der Waals surface area contributed by atoms with Gasteiger partial charge < -0.3 is 4.98 Å². The number of hydrogen-bond donors (Lipinski definition) is 3. The molecule has 0 aliphatic carbocycles. The molecule has 0 spiro atoms. The molecule has 14 heavy (non-hydrogen) atoms. The lowest BCUT2D eigenvalue weighted by molar-refractivity contribution is -0.126. The molecular formula is C7H9N3O3S. The molecule has 0 bridgehead atoms. The van der Waals surface area contributed by atoms with Gasteiger partial charge in [-0.1, -0.05) is 11.8 Å². The van der Waals surface area contributed by atoms with Gasteiger partial charge in [-0.25, -0.2) is 10.5 Å². The molecule has 0 fully saturated rings. The lowest BCUT2D eigenvalue weighted by Crippen LogP contribution is -2.21. The highest BCUT2D eigenvalue weighted by atomic mass is 32.2. The predicted molar refractivity (Wildman–Crippen MR) is 50.2 cm³/mol. The summed E-state index contributed by atoms with van der Waals surface area (Å²) in [5.41, 5.74) is 1.81. The number of carbonyl (C=O) groups is 1. The maximum Gasteiger partial charge on any atom is 0.253 e. The van der Waals surface area contributed by atoms with E-state index in [1.54, 1.807) is 6.92 Å². The zero-order valence-corrected chi connectivity index (χ0v) is 8.22. The lowest BCUT2D eigenvalue weighted by Gasteiger charge is -1.99. The van der Waals surface area contributed by atoms with E-state index in [2.05, 4.69) is 9.97 Å². The first kappa shape index (κ1) is 10.7. The summed E-state index contributed by atoms with van der Waals surface area (Å²) in [6.45, 7) is 1.69. The maximum atomic E-state index is 11.0. The smallest absolute Gasteiger partial charge is 0.253 e. The average Bonchev–Trinajstić information content (AvgIpc) is 2.12. The molecule has 0 saturated heterocycles. The minimum atomic E-state index is -0.542. The topological polar surface area (TPSA) is 95.1 Å². The molecule has 0 aliphatic heterocycles. The van der Waals surface area contributed by atoms with Crippen molar-refractivity contribution >= 4 is 17.7 Å². The van der Waals surface area contributed by atoms with Crippen LogP contribution in [0.25, 0.3) is 0 Å². The van der Waals surface area contributed by atoms with Crippen LogP contribution in [0.5, 0.6) is 0 Å². The number of thioether (sulfide) groups is 1. The third-order valence-corrected chi connectivity index (χ3v) is 2.19. The Bertz CT molecular complexity index is 390. The van der Waals surface area contributed by atoms with Crippen molar-refractivity contribution in [3.05, 3.63) is 22.1 Å². The van der Waals surface area contributed by atoms with Gasteiger partial charge in [-0.05, 0) is 6.92 Å². The van der Waals surface area contributed by atoms with Crippen LogP contribution in [0.2, 0.25) is 0 Å². The molecule has 1 amide bonds. The van der Waals surface area contributed by atoms with Crippen LogP contribution in [0.3, 0.4) is 0 Å². The number of hydrogen-bond acceptors (Lipinski definition) is 5. The highest BCUT2D eigenvalue weighted by Crippen LogP contribution is 2.09. The molecule has 1 rings (SSSR count). The summed E-state index contributed by atoms with van der Waals surface area (Å²) in [5, 5.41) is 8.58. The molecule has 1 aromatic rings. The van der Waals surface area contributed by atoms with Gasteiger partial charge in [-0.2, -0.15) is 0 Å². The highest BCUT2D eigenvalue weighted by Gasteiger charge is 2.03. The summed E-state index contributed by atoms with van der Waals surface area (Å²) in [6.07, 6.45) is 0. The van der Waals surface area contributed by atoms with Gasteiger partial charge in [0, 0.05) is 11.8 Å². The van der Waals surface area contributed by atoms with E-state index < -0.39 is 5.91 Å². The van der Waals surface area contributed by atoms with E-state index in [9.17, 15) is 9.59 Å². The number of aromatic amines is 1. The summed E-state index contributed by atoms with van der Waals surface area (Å²) in [6, 6.07) is 1.36. The minimum Gasteiger partial charge on any atom is -0.301 e. The van der Waals surface area contributed by atoms with E-state index in [-0.39, 0.29) is 11.3 Å². The average molecular weight is 215 g/mol. The number of carbonyl (C=O) groups excluding carboxylic acids is 1. The fraction of sp³-hybridized carbons (Fsp3) is 0.286. The first-order valence-electron chi connectivity index (χ1n) is 3.75. The molecule has 6 nitrogen and oxygen atoms in total. The van der Waals surface area contributed by atoms with Crippen molar-refractivity contribution in [3.63, 3.8) is 0 Å². The Balaban J connectivity index is 2.68. The Kier molecular flexibility index (Phi) is 3.66. The molecule has 0 unspecified atom stereocenters.